The summed E-state index contributed by atoms with van der Waals surface area (Å²) in [5.74, 6) is -0.213. The Bertz CT molecular complexity index is 1060. The van der Waals surface area contributed by atoms with Gasteiger partial charge in [-0.3, -0.25) is 9.69 Å². The minimum absolute atomic E-state index is 0.127. The third-order valence-corrected chi connectivity index (χ3v) is 8.70. The second-order valence-corrected chi connectivity index (χ2v) is 10.9. The molecule has 4 rings (SSSR count). The van der Waals surface area contributed by atoms with Crippen molar-refractivity contribution in [3.8, 4) is 0 Å². The van der Waals surface area contributed by atoms with E-state index in [0.717, 1.165) is 62.4 Å². The SMILES string of the molecule is COC(=O)C(CSC(c1ccccc1)(c1ccccc1)c1ccccc1)NC(=O)CCCCN1CCOCC1. The lowest BCUT2D eigenvalue weighted by atomic mass is 9.84. The van der Waals surface area contributed by atoms with E-state index in [1.165, 1.54) is 7.11 Å². The fraction of sp³-hybridized carbons (Fsp3) is 0.375. The number of hydrogen-bond donors (Lipinski definition) is 1. The summed E-state index contributed by atoms with van der Waals surface area (Å²) >= 11 is 1.64. The van der Waals surface area contributed by atoms with Crippen LogP contribution < -0.4 is 5.32 Å². The number of hydrogen-bond acceptors (Lipinski definition) is 6. The van der Waals surface area contributed by atoms with Gasteiger partial charge in [0.2, 0.25) is 5.91 Å². The van der Waals surface area contributed by atoms with Crippen LogP contribution in [-0.2, 0) is 23.8 Å². The van der Waals surface area contributed by atoms with Gasteiger partial charge < -0.3 is 14.8 Å². The van der Waals surface area contributed by atoms with Gasteiger partial charge in [0.15, 0.2) is 0 Å². The van der Waals surface area contributed by atoms with E-state index in [0.29, 0.717) is 12.2 Å². The molecule has 1 aliphatic heterocycles. The number of morpholine rings is 1. The molecule has 0 saturated carbocycles. The fourth-order valence-electron chi connectivity index (χ4n) is 5.00. The van der Waals surface area contributed by atoms with Gasteiger partial charge >= 0.3 is 5.97 Å². The number of esters is 1. The highest BCUT2D eigenvalue weighted by Gasteiger charge is 2.38. The van der Waals surface area contributed by atoms with Crippen LogP contribution in [0.4, 0.5) is 0 Å². The van der Waals surface area contributed by atoms with Crippen molar-refractivity contribution in [1.82, 2.24) is 10.2 Å². The van der Waals surface area contributed by atoms with E-state index in [1.54, 1.807) is 11.8 Å². The zero-order valence-corrected chi connectivity index (χ0v) is 23.4. The number of ether oxygens (including phenoxy) is 2. The minimum Gasteiger partial charge on any atom is -0.467 e. The summed E-state index contributed by atoms with van der Waals surface area (Å²) in [6, 6.07) is 30.2. The van der Waals surface area contributed by atoms with Crippen molar-refractivity contribution in [3.05, 3.63) is 108 Å². The van der Waals surface area contributed by atoms with Gasteiger partial charge in [-0.2, -0.15) is 0 Å². The third kappa shape index (κ3) is 7.72. The highest BCUT2D eigenvalue weighted by atomic mass is 32.2. The summed E-state index contributed by atoms with van der Waals surface area (Å²) in [6.07, 6.45) is 2.08. The first-order chi connectivity index (χ1) is 19.1. The normalized spacial score (nSPS) is 14.9. The summed E-state index contributed by atoms with van der Waals surface area (Å²) in [4.78, 5) is 28.1. The van der Waals surface area contributed by atoms with Gasteiger partial charge in [0, 0.05) is 25.3 Å². The number of carbonyl (C=O) groups excluding carboxylic acids is 2. The molecular weight excluding hydrogens is 508 g/mol. The quantitative estimate of drug-likeness (QED) is 0.187. The Morgan fingerprint density at radius 2 is 1.38 bits per heavy atom. The van der Waals surface area contributed by atoms with E-state index >= 15 is 0 Å². The van der Waals surface area contributed by atoms with Crippen LogP contribution in [0.3, 0.4) is 0 Å². The molecule has 3 aromatic carbocycles. The molecule has 1 amide bonds. The lowest BCUT2D eigenvalue weighted by Crippen LogP contribution is -2.44. The maximum Gasteiger partial charge on any atom is 0.329 e. The number of methoxy groups -OCH3 is 1. The van der Waals surface area contributed by atoms with E-state index in [-0.39, 0.29) is 5.91 Å². The Morgan fingerprint density at radius 1 is 0.872 bits per heavy atom. The highest BCUT2D eigenvalue weighted by molar-refractivity contribution is 8.00. The summed E-state index contributed by atoms with van der Waals surface area (Å²) < 4.78 is 9.93. The second-order valence-electron chi connectivity index (χ2n) is 9.64. The number of amides is 1. The molecule has 0 aromatic heterocycles. The van der Waals surface area contributed by atoms with E-state index in [1.807, 2.05) is 54.6 Å². The Balaban J connectivity index is 1.51. The van der Waals surface area contributed by atoms with Gasteiger partial charge in [-0.15, -0.1) is 11.8 Å². The standard InChI is InChI=1S/C32H38N2O4S/c1-37-31(36)29(33-30(35)19-11-12-20-34-21-23-38-24-22-34)25-39-32(26-13-5-2-6-14-26,27-15-7-3-8-16-27)28-17-9-4-10-18-28/h2-10,13-18,29H,11-12,19-25H2,1H3,(H,33,35). The largest absolute Gasteiger partial charge is 0.467 e. The number of benzene rings is 3. The maximum absolute atomic E-state index is 12.9. The molecule has 7 heteroatoms. The van der Waals surface area contributed by atoms with Gasteiger partial charge in [0.05, 0.1) is 25.1 Å². The number of thioether (sulfide) groups is 1. The van der Waals surface area contributed by atoms with E-state index in [9.17, 15) is 9.59 Å². The molecule has 3 aromatic rings. The molecular formula is C32H38N2O4S. The number of nitrogens with one attached hydrogen (secondary N) is 1. The molecule has 1 atom stereocenters. The van der Waals surface area contributed by atoms with Crippen molar-refractivity contribution in [3.63, 3.8) is 0 Å². The first-order valence-electron chi connectivity index (χ1n) is 13.6. The smallest absolute Gasteiger partial charge is 0.329 e. The summed E-state index contributed by atoms with van der Waals surface area (Å²) in [7, 11) is 1.37. The van der Waals surface area contributed by atoms with Gasteiger partial charge in [0.25, 0.3) is 0 Å². The fourth-order valence-corrected chi connectivity index (χ4v) is 6.54. The molecule has 0 bridgehead atoms. The van der Waals surface area contributed by atoms with E-state index < -0.39 is 16.8 Å². The van der Waals surface area contributed by atoms with Crippen LogP contribution >= 0.6 is 11.8 Å². The van der Waals surface area contributed by atoms with Crippen LogP contribution in [0.2, 0.25) is 0 Å². The molecule has 0 aliphatic carbocycles. The molecule has 6 nitrogen and oxygen atoms in total. The lowest BCUT2D eigenvalue weighted by Gasteiger charge is -2.36. The monoisotopic (exact) mass is 546 g/mol. The van der Waals surface area contributed by atoms with Crippen LogP contribution in [0, 0.1) is 0 Å². The summed E-state index contributed by atoms with van der Waals surface area (Å²) in [5.41, 5.74) is 3.31. The molecule has 1 unspecified atom stereocenters. The van der Waals surface area contributed by atoms with Crippen LogP contribution in [0.25, 0.3) is 0 Å². The third-order valence-electron chi connectivity index (χ3n) is 7.06. The van der Waals surface area contributed by atoms with E-state index in [2.05, 4.69) is 46.6 Å². The number of unbranched alkanes of at least 4 members (excludes halogenated alkanes) is 1. The highest BCUT2D eigenvalue weighted by Crippen LogP contribution is 2.48. The molecule has 1 N–H and O–H groups in total. The van der Waals surface area contributed by atoms with Gasteiger partial charge in [-0.25, -0.2) is 4.79 Å². The maximum atomic E-state index is 12.9. The zero-order valence-electron chi connectivity index (χ0n) is 22.6. The number of carbonyl (C=O) groups is 2. The van der Waals surface area contributed by atoms with Gasteiger partial charge in [0.1, 0.15) is 6.04 Å². The summed E-state index contributed by atoms with van der Waals surface area (Å²) in [5, 5.41) is 2.97. The van der Waals surface area contributed by atoms with Crippen molar-refractivity contribution in [2.24, 2.45) is 0 Å². The number of nitrogens with zero attached hydrogens (tertiary/aromatic N) is 1. The molecule has 1 heterocycles. The molecule has 0 spiro atoms. The first kappa shape index (κ1) is 28.9. The zero-order chi connectivity index (χ0) is 27.3. The molecule has 1 fully saturated rings. The van der Waals surface area contributed by atoms with Crippen molar-refractivity contribution in [2.45, 2.75) is 30.1 Å². The molecule has 0 radical (unpaired) electrons. The molecule has 1 saturated heterocycles. The van der Waals surface area contributed by atoms with Crippen molar-refractivity contribution in [2.75, 3.05) is 45.7 Å². The van der Waals surface area contributed by atoms with Crippen molar-refractivity contribution < 1.29 is 19.1 Å². The average molecular weight is 547 g/mol. The summed E-state index contributed by atoms with van der Waals surface area (Å²) in [6.45, 7) is 4.39. The second kappa shape index (κ2) is 14.9. The number of rotatable bonds is 13. The van der Waals surface area contributed by atoms with Crippen LogP contribution in [0.1, 0.15) is 36.0 Å². The predicted molar refractivity (Wildman–Crippen MR) is 157 cm³/mol. The van der Waals surface area contributed by atoms with Gasteiger partial charge in [-0.1, -0.05) is 91.0 Å². The predicted octanol–water partition coefficient (Wildman–Crippen LogP) is 4.87. The molecule has 39 heavy (non-hydrogen) atoms. The van der Waals surface area contributed by atoms with Crippen LogP contribution in [0.15, 0.2) is 91.0 Å². The molecule has 206 valence electrons. The van der Waals surface area contributed by atoms with Crippen LogP contribution in [-0.4, -0.2) is 68.5 Å². The average Bonchev–Trinajstić information content (AvgIpc) is 3.01. The topological polar surface area (TPSA) is 67.9 Å². The van der Waals surface area contributed by atoms with Crippen molar-refractivity contribution in [1.29, 1.82) is 0 Å². The van der Waals surface area contributed by atoms with Crippen LogP contribution in [0.5, 0.6) is 0 Å². The van der Waals surface area contributed by atoms with Crippen molar-refractivity contribution >= 4 is 23.6 Å². The Labute approximate surface area is 236 Å². The Kier molecular flexibility index (Phi) is 11.0. The lowest BCUT2D eigenvalue weighted by molar-refractivity contribution is -0.144. The van der Waals surface area contributed by atoms with Gasteiger partial charge in [-0.05, 0) is 36.1 Å². The minimum atomic E-state index is -0.762. The Morgan fingerprint density at radius 3 is 1.87 bits per heavy atom. The van der Waals surface area contributed by atoms with E-state index in [4.69, 9.17) is 9.47 Å². The molecule has 1 aliphatic rings. The first-order valence-corrected chi connectivity index (χ1v) is 14.6. The Hall–Kier alpha value is -3.13.